The fourth-order valence-corrected chi connectivity index (χ4v) is 4.40. The van der Waals surface area contributed by atoms with E-state index in [2.05, 4.69) is 10.3 Å². The van der Waals surface area contributed by atoms with Crippen molar-refractivity contribution in [1.82, 2.24) is 19.9 Å². The average Bonchev–Trinajstić information content (AvgIpc) is 3.00. The number of rotatable bonds is 5. The standard InChI is InChI=1S/C25H24N4O4/c30-22(15-29-20-8-4-5-9-21(20)33-25(29)32)26-14-16-10-12-18-19(13-11-16)27-23(28-24(18)31)17-6-2-1-3-7-17/h1-9,16H,10-15H2,(H,26,30)(H,27,28,31). The number of amides is 1. The Morgan fingerprint density at radius 2 is 1.82 bits per heavy atom. The summed E-state index contributed by atoms with van der Waals surface area (Å²) in [6.45, 7) is 0.394. The van der Waals surface area contributed by atoms with E-state index >= 15 is 0 Å². The third-order valence-electron chi connectivity index (χ3n) is 6.20. The van der Waals surface area contributed by atoms with Gasteiger partial charge in [0.05, 0.1) is 11.2 Å². The normalized spacial score (nSPS) is 15.7. The van der Waals surface area contributed by atoms with Gasteiger partial charge in [-0.2, -0.15) is 0 Å². The summed E-state index contributed by atoms with van der Waals surface area (Å²) in [5, 5.41) is 2.94. The molecule has 8 heteroatoms. The molecule has 0 fully saturated rings. The number of aromatic nitrogens is 3. The Labute approximate surface area is 189 Å². The molecule has 0 spiro atoms. The van der Waals surface area contributed by atoms with Crippen LogP contribution in [-0.4, -0.2) is 27.0 Å². The van der Waals surface area contributed by atoms with Gasteiger partial charge in [0.25, 0.3) is 5.56 Å². The number of carbonyl (C=O) groups is 1. The Morgan fingerprint density at radius 1 is 1.06 bits per heavy atom. The highest BCUT2D eigenvalue weighted by Crippen LogP contribution is 2.23. The summed E-state index contributed by atoms with van der Waals surface area (Å²) in [7, 11) is 0. The highest BCUT2D eigenvalue weighted by atomic mass is 16.4. The molecule has 0 saturated heterocycles. The number of nitrogens with zero attached hydrogens (tertiary/aromatic N) is 2. The van der Waals surface area contributed by atoms with Gasteiger partial charge < -0.3 is 14.7 Å². The number of aryl methyl sites for hydroxylation is 1. The summed E-state index contributed by atoms with van der Waals surface area (Å²) in [6, 6.07) is 16.6. The van der Waals surface area contributed by atoms with E-state index in [1.807, 2.05) is 30.3 Å². The van der Waals surface area contributed by atoms with Crippen molar-refractivity contribution in [2.24, 2.45) is 5.92 Å². The van der Waals surface area contributed by atoms with Crippen LogP contribution in [0.2, 0.25) is 0 Å². The maximum atomic E-state index is 12.7. The number of oxazole rings is 1. The molecule has 5 rings (SSSR count). The smallest absolute Gasteiger partial charge is 0.408 e. The zero-order valence-corrected chi connectivity index (χ0v) is 18.0. The molecule has 2 N–H and O–H groups in total. The number of H-pyrrole nitrogens is 1. The third kappa shape index (κ3) is 4.37. The van der Waals surface area contributed by atoms with Crippen LogP contribution in [0.3, 0.4) is 0 Å². The maximum Gasteiger partial charge on any atom is 0.420 e. The van der Waals surface area contributed by atoms with E-state index in [4.69, 9.17) is 9.40 Å². The molecular formula is C25H24N4O4. The third-order valence-corrected chi connectivity index (χ3v) is 6.20. The number of hydrogen-bond acceptors (Lipinski definition) is 5. The zero-order chi connectivity index (χ0) is 22.8. The summed E-state index contributed by atoms with van der Waals surface area (Å²) in [5.41, 5.74) is 3.43. The molecule has 1 amide bonds. The Morgan fingerprint density at radius 3 is 2.67 bits per heavy atom. The van der Waals surface area contributed by atoms with Crippen LogP contribution in [-0.2, 0) is 24.2 Å². The van der Waals surface area contributed by atoms with E-state index in [1.54, 1.807) is 24.3 Å². The predicted octanol–water partition coefficient (Wildman–Crippen LogP) is 2.66. The molecule has 1 unspecified atom stereocenters. The maximum absolute atomic E-state index is 12.7. The van der Waals surface area contributed by atoms with E-state index in [-0.39, 0.29) is 23.9 Å². The van der Waals surface area contributed by atoms with E-state index in [0.717, 1.165) is 29.7 Å². The first-order valence-electron chi connectivity index (χ1n) is 11.1. The summed E-state index contributed by atoms with van der Waals surface area (Å²) >= 11 is 0. The van der Waals surface area contributed by atoms with Gasteiger partial charge in [0.1, 0.15) is 12.4 Å². The van der Waals surface area contributed by atoms with Crippen LogP contribution in [0.5, 0.6) is 0 Å². The first-order valence-corrected chi connectivity index (χ1v) is 11.1. The van der Waals surface area contributed by atoms with Crippen LogP contribution < -0.4 is 16.6 Å². The van der Waals surface area contributed by atoms with Crippen molar-refractivity contribution in [1.29, 1.82) is 0 Å². The average molecular weight is 444 g/mol. The zero-order valence-electron chi connectivity index (χ0n) is 18.0. The number of nitrogens with one attached hydrogen (secondary N) is 2. The lowest BCUT2D eigenvalue weighted by molar-refractivity contribution is -0.121. The number of fused-ring (bicyclic) bond motifs is 2. The lowest BCUT2D eigenvalue weighted by Crippen LogP contribution is -2.34. The van der Waals surface area contributed by atoms with E-state index < -0.39 is 5.76 Å². The quantitative estimate of drug-likeness (QED) is 0.460. The molecule has 0 radical (unpaired) electrons. The Balaban J connectivity index is 1.23. The fraction of sp³-hybridized carbons (Fsp3) is 0.280. The summed E-state index contributed by atoms with van der Waals surface area (Å²) in [6.07, 6.45) is 2.93. The van der Waals surface area contributed by atoms with Crippen molar-refractivity contribution in [2.45, 2.75) is 32.2 Å². The van der Waals surface area contributed by atoms with Crippen molar-refractivity contribution in [3.8, 4) is 11.4 Å². The Kier molecular flexibility index (Phi) is 5.64. The van der Waals surface area contributed by atoms with Gasteiger partial charge in [-0.3, -0.25) is 14.2 Å². The lowest BCUT2D eigenvalue weighted by Gasteiger charge is -2.14. The monoisotopic (exact) mass is 444 g/mol. The molecule has 33 heavy (non-hydrogen) atoms. The van der Waals surface area contributed by atoms with Gasteiger partial charge in [0, 0.05) is 17.7 Å². The van der Waals surface area contributed by atoms with Gasteiger partial charge in [0.2, 0.25) is 5.91 Å². The van der Waals surface area contributed by atoms with Gasteiger partial charge in [-0.15, -0.1) is 0 Å². The van der Waals surface area contributed by atoms with Crippen LogP contribution in [0.15, 0.2) is 68.6 Å². The van der Waals surface area contributed by atoms with Crippen molar-refractivity contribution in [2.75, 3.05) is 6.54 Å². The van der Waals surface area contributed by atoms with Gasteiger partial charge >= 0.3 is 5.76 Å². The SMILES string of the molecule is O=C(Cn1c(=O)oc2ccccc21)NCC1CCc2nc(-c3ccccc3)[nH]c(=O)c2CC1. The summed E-state index contributed by atoms with van der Waals surface area (Å²) in [5.74, 6) is 0.0213. The molecule has 1 aliphatic carbocycles. The van der Waals surface area contributed by atoms with Gasteiger partial charge in [-0.25, -0.2) is 9.78 Å². The minimum Gasteiger partial charge on any atom is -0.408 e. The largest absolute Gasteiger partial charge is 0.420 e. The second-order valence-electron chi connectivity index (χ2n) is 8.38. The van der Waals surface area contributed by atoms with Crippen molar-refractivity contribution in [3.05, 3.63) is 86.8 Å². The van der Waals surface area contributed by atoms with Crippen LogP contribution in [0.4, 0.5) is 0 Å². The second-order valence-corrected chi connectivity index (χ2v) is 8.38. The van der Waals surface area contributed by atoms with E-state index in [9.17, 15) is 14.4 Å². The second kappa shape index (κ2) is 8.90. The molecule has 4 aromatic rings. The number of carbonyl (C=O) groups excluding carboxylic acids is 1. The molecule has 0 aliphatic heterocycles. The fourth-order valence-electron chi connectivity index (χ4n) is 4.40. The highest BCUT2D eigenvalue weighted by Gasteiger charge is 2.21. The molecule has 2 aromatic carbocycles. The van der Waals surface area contributed by atoms with E-state index in [1.165, 1.54) is 4.57 Å². The van der Waals surface area contributed by atoms with Crippen molar-refractivity contribution in [3.63, 3.8) is 0 Å². The van der Waals surface area contributed by atoms with Crippen LogP contribution in [0.25, 0.3) is 22.5 Å². The summed E-state index contributed by atoms with van der Waals surface area (Å²) < 4.78 is 6.52. The van der Waals surface area contributed by atoms with Crippen LogP contribution in [0, 0.1) is 5.92 Å². The molecule has 168 valence electrons. The summed E-state index contributed by atoms with van der Waals surface area (Å²) in [4.78, 5) is 45.0. The molecule has 2 aromatic heterocycles. The lowest BCUT2D eigenvalue weighted by atomic mass is 10.00. The molecule has 2 heterocycles. The first kappa shape index (κ1) is 20.9. The molecule has 0 saturated carbocycles. The molecule has 1 atom stereocenters. The Hall–Kier alpha value is -3.94. The van der Waals surface area contributed by atoms with Crippen molar-refractivity contribution < 1.29 is 9.21 Å². The van der Waals surface area contributed by atoms with Crippen LogP contribution in [0.1, 0.15) is 24.1 Å². The number of aromatic amines is 1. The topological polar surface area (TPSA) is 110 Å². The molecule has 1 aliphatic rings. The van der Waals surface area contributed by atoms with Gasteiger partial charge in [0.15, 0.2) is 5.58 Å². The highest BCUT2D eigenvalue weighted by molar-refractivity contribution is 5.79. The van der Waals surface area contributed by atoms with Crippen LogP contribution >= 0.6 is 0 Å². The molecule has 8 nitrogen and oxygen atoms in total. The first-order chi connectivity index (χ1) is 16.1. The molecule has 0 bridgehead atoms. The number of para-hydroxylation sites is 2. The minimum atomic E-state index is -0.546. The van der Waals surface area contributed by atoms with Gasteiger partial charge in [-0.1, -0.05) is 42.5 Å². The number of benzene rings is 2. The van der Waals surface area contributed by atoms with E-state index in [0.29, 0.717) is 36.3 Å². The van der Waals surface area contributed by atoms with Crippen molar-refractivity contribution >= 4 is 17.0 Å². The predicted molar refractivity (Wildman–Crippen MR) is 124 cm³/mol. The van der Waals surface area contributed by atoms with Gasteiger partial charge in [-0.05, 0) is 43.7 Å². The Bertz CT molecular complexity index is 1420. The number of hydrogen-bond donors (Lipinski definition) is 2. The minimum absolute atomic E-state index is 0.0882. The molecular weight excluding hydrogens is 420 g/mol.